The van der Waals surface area contributed by atoms with Crippen molar-refractivity contribution in [3.05, 3.63) is 89.5 Å². The number of carbonyl (C=O) groups is 2. The van der Waals surface area contributed by atoms with E-state index in [2.05, 4.69) is 29.3 Å². The van der Waals surface area contributed by atoms with Gasteiger partial charge in [-0.3, -0.25) is 9.59 Å². The zero-order valence-corrected chi connectivity index (χ0v) is 24.6. The number of nitrogens with zero attached hydrogens (tertiary/aromatic N) is 1. The topological polar surface area (TPSA) is 88.1 Å². The van der Waals surface area contributed by atoms with Crippen LogP contribution in [0, 0.1) is 11.8 Å². The van der Waals surface area contributed by atoms with Crippen molar-refractivity contribution >= 4 is 17.6 Å². The second-order valence-corrected chi connectivity index (χ2v) is 11.8. The van der Waals surface area contributed by atoms with Crippen LogP contribution in [-0.2, 0) is 4.79 Å². The molecule has 7 heteroatoms. The molecule has 2 aliphatic rings. The maximum absolute atomic E-state index is 13.3. The van der Waals surface area contributed by atoms with Crippen molar-refractivity contribution in [1.29, 1.82) is 0 Å². The van der Waals surface area contributed by atoms with E-state index in [-0.39, 0.29) is 24.2 Å². The summed E-state index contributed by atoms with van der Waals surface area (Å²) in [5.41, 5.74) is 3.82. The highest BCUT2D eigenvalue weighted by atomic mass is 16.5. The summed E-state index contributed by atoms with van der Waals surface area (Å²) in [6.45, 7) is 4.95. The highest BCUT2D eigenvalue weighted by Gasteiger charge is 2.34. The SMILES string of the molecule is COc1ccc(C(=O)NCC(C)c2ccccc2)c(N2CCC(COc3cccc(C(CC(=O)O)C4CC4)c3)CC2)c1. The zero-order chi connectivity index (χ0) is 29.5. The van der Waals surface area contributed by atoms with E-state index in [1.807, 2.05) is 60.7 Å². The normalized spacial score (nSPS) is 16.9. The van der Waals surface area contributed by atoms with Gasteiger partial charge in [-0.2, -0.15) is 0 Å². The predicted molar refractivity (Wildman–Crippen MR) is 165 cm³/mol. The van der Waals surface area contributed by atoms with Crippen molar-refractivity contribution in [2.24, 2.45) is 11.8 Å². The summed E-state index contributed by atoms with van der Waals surface area (Å²) in [6, 6.07) is 23.9. The lowest BCUT2D eigenvalue weighted by atomic mass is 9.91. The van der Waals surface area contributed by atoms with Gasteiger partial charge in [-0.1, -0.05) is 49.4 Å². The molecule has 1 amide bonds. The lowest BCUT2D eigenvalue weighted by molar-refractivity contribution is -0.137. The van der Waals surface area contributed by atoms with Crippen LogP contribution in [0.3, 0.4) is 0 Å². The number of carboxylic acid groups (broad SMARTS) is 1. The van der Waals surface area contributed by atoms with Gasteiger partial charge in [-0.25, -0.2) is 0 Å². The summed E-state index contributed by atoms with van der Waals surface area (Å²) in [5.74, 6) is 1.86. The lowest BCUT2D eigenvalue weighted by Crippen LogP contribution is -2.37. The van der Waals surface area contributed by atoms with E-state index in [0.717, 1.165) is 61.5 Å². The van der Waals surface area contributed by atoms with Gasteiger partial charge in [-0.15, -0.1) is 0 Å². The molecule has 1 saturated heterocycles. The van der Waals surface area contributed by atoms with Gasteiger partial charge in [0.25, 0.3) is 5.91 Å². The average molecular weight is 571 g/mol. The number of rotatable bonds is 13. The summed E-state index contributed by atoms with van der Waals surface area (Å²) >= 11 is 0. The van der Waals surface area contributed by atoms with Crippen LogP contribution in [0.4, 0.5) is 5.69 Å². The van der Waals surface area contributed by atoms with Crippen molar-refractivity contribution < 1.29 is 24.2 Å². The van der Waals surface area contributed by atoms with Crippen molar-refractivity contribution in [2.45, 2.75) is 50.9 Å². The fraction of sp³-hybridized carbons (Fsp3) is 0.429. The first-order chi connectivity index (χ1) is 20.4. The monoisotopic (exact) mass is 570 g/mol. The Labute approximate surface area is 248 Å². The first-order valence-corrected chi connectivity index (χ1v) is 15.1. The number of piperidine rings is 1. The van der Waals surface area contributed by atoms with E-state index in [0.29, 0.717) is 30.6 Å². The molecule has 5 rings (SSSR count). The molecule has 2 N–H and O–H groups in total. The number of anilines is 1. The summed E-state index contributed by atoms with van der Waals surface area (Å²) < 4.78 is 11.7. The summed E-state index contributed by atoms with van der Waals surface area (Å²) in [7, 11) is 1.65. The molecule has 2 fully saturated rings. The van der Waals surface area contributed by atoms with Gasteiger partial charge in [0.2, 0.25) is 0 Å². The molecule has 0 spiro atoms. The Balaban J connectivity index is 1.17. The number of aliphatic carboxylic acids is 1. The summed E-state index contributed by atoms with van der Waals surface area (Å²) in [4.78, 5) is 27.0. The third-order valence-electron chi connectivity index (χ3n) is 8.70. The molecule has 0 radical (unpaired) electrons. The minimum Gasteiger partial charge on any atom is -0.497 e. The molecule has 0 bridgehead atoms. The molecule has 1 aliphatic carbocycles. The molecule has 1 saturated carbocycles. The Hall–Kier alpha value is -4.00. The molecule has 1 heterocycles. The van der Waals surface area contributed by atoms with Crippen molar-refractivity contribution in [2.75, 3.05) is 38.3 Å². The smallest absolute Gasteiger partial charge is 0.303 e. The molecular formula is C35H42N2O5. The van der Waals surface area contributed by atoms with Crippen LogP contribution < -0.4 is 19.7 Å². The van der Waals surface area contributed by atoms with E-state index >= 15 is 0 Å². The standard InChI is InChI=1S/C35H42N2O5/c1-24(26-7-4-3-5-8-26)22-36-35(40)31-14-13-29(41-2)20-33(31)37-17-15-25(16-18-37)23-42-30-10-6-9-28(19-30)32(21-34(38)39)27-11-12-27/h3-10,13-14,19-20,24-25,27,32H,11-12,15-18,21-23H2,1-2H3,(H,36,40)(H,38,39). The summed E-state index contributed by atoms with van der Waals surface area (Å²) in [5, 5.41) is 12.5. The molecule has 0 aromatic heterocycles. The highest BCUT2D eigenvalue weighted by Crippen LogP contribution is 2.45. The quantitative estimate of drug-likeness (QED) is 0.244. The number of amides is 1. The van der Waals surface area contributed by atoms with Gasteiger partial charge in [0.1, 0.15) is 11.5 Å². The highest BCUT2D eigenvalue weighted by molar-refractivity contribution is 6.00. The van der Waals surface area contributed by atoms with Crippen LogP contribution in [0.5, 0.6) is 11.5 Å². The molecule has 3 aromatic rings. The minimum atomic E-state index is -0.747. The van der Waals surface area contributed by atoms with Crippen molar-refractivity contribution in [3.8, 4) is 11.5 Å². The molecule has 3 aromatic carbocycles. The first kappa shape index (κ1) is 29.5. The van der Waals surface area contributed by atoms with E-state index in [1.165, 1.54) is 5.56 Å². The molecule has 7 nitrogen and oxygen atoms in total. The molecule has 42 heavy (non-hydrogen) atoms. The number of nitrogens with one attached hydrogen (secondary N) is 1. The van der Waals surface area contributed by atoms with Gasteiger partial charge in [-0.05, 0) is 84.7 Å². The van der Waals surface area contributed by atoms with Crippen LogP contribution >= 0.6 is 0 Å². The fourth-order valence-corrected chi connectivity index (χ4v) is 5.97. The predicted octanol–water partition coefficient (Wildman–Crippen LogP) is 6.49. The van der Waals surface area contributed by atoms with E-state index in [4.69, 9.17) is 9.47 Å². The van der Waals surface area contributed by atoms with Gasteiger partial charge in [0.05, 0.1) is 31.4 Å². The average Bonchev–Trinajstić information content (AvgIpc) is 3.87. The Bertz CT molecular complexity index is 1350. The number of carboxylic acids is 1. The molecule has 1 aliphatic heterocycles. The molecule has 2 atom stereocenters. The van der Waals surface area contributed by atoms with Crippen LogP contribution in [0.25, 0.3) is 0 Å². The number of carbonyl (C=O) groups excluding carboxylic acids is 1. The Morgan fingerprint density at radius 1 is 0.929 bits per heavy atom. The van der Waals surface area contributed by atoms with Gasteiger partial charge >= 0.3 is 5.97 Å². The lowest BCUT2D eigenvalue weighted by Gasteiger charge is -2.34. The van der Waals surface area contributed by atoms with Crippen LogP contribution in [-0.4, -0.2) is 50.3 Å². The number of methoxy groups -OCH3 is 1. The zero-order valence-electron chi connectivity index (χ0n) is 24.6. The number of ether oxygens (including phenoxy) is 2. The fourth-order valence-electron chi connectivity index (χ4n) is 5.97. The minimum absolute atomic E-state index is 0.0603. The third kappa shape index (κ3) is 7.64. The molecule has 222 valence electrons. The third-order valence-corrected chi connectivity index (χ3v) is 8.70. The number of benzene rings is 3. The molecule has 2 unspecified atom stereocenters. The Morgan fingerprint density at radius 3 is 2.36 bits per heavy atom. The van der Waals surface area contributed by atoms with Crippen LogP contribution in [0.1, 0.15) is 72.3 Å². The van der Waals surface area contributed by atoms with Crippen molar-refractivity contribution in [3.63, 3.8) is 0 Å². The maximum Gasteiger partial charge on any atom is 0.303 e. The van der Waals surface area contributed by atoms with Gasteiger partial charge in [0, 0.05) is 25.7 Å². The van der Waals surface area contributed by atoms with E-state index < -0.39 is 5.97 Å². The number of hydrogen-bond donors (Lipinski definition) is 2. The Morgan fingerprint density at radius 2 is 1.67 bits per heavy atom. The first-order valence-electron chi connectivity index (χ1n) is 15.1. The van der Waals surface area contributed by atoms with Gasteiger partial charge < -0.3 is 24.8 Å². The van der Waals surface area contributed by atoms with Crippen LogP contribution in [0.15, 0.2) is 72.8 Å². The Kier molecular flexibility index (Phi) is 9.67. The van der Waals surface area contributed by atoms with Crippen molar-refractivity contribution in [1.82, 2.24) is 5.32 Å². The summed E-state index contributed by atoms with van der Waals surface area (Å²) in [6.07, 6.45) is 4.28. The molecular weight excluding hydrogens is 528 g/mol. The second kappa shape index (κ2) is 13.8. The number of hydrogen-bond acceptors (Lipinski definition) is 5. The van der Waals surface area contributed by atoms with Gasteiger partial charge in [0.15, 0.2) is 0 Å². The largest absolute Gasteiger partial charge is 0.497 e. The van der Waals surface area contributed by atoms with Crippen LogP contribution in [0.2, 0.25) is 0 Å². The second-order valence-electron chi connectivity index (χ2n) is 11.8. The van der Waals surface area contributed by atoms with E-state index in [1.54, 1.807) is 7.11 Å². The van der Waals surface area contributed by atoms with E-state index in [9.17, 15) is 14.7 Å². The maximum atomic E-state index is 13.3.